The number of ether oxygens (including phenoxy) is 2. The molecule has 0 aromatic rings. The van der Waals surface area contributed by atoms with Gasteiger partial charge in [-0.05, 0) is 32.2 Å². The van der Waals surface area contributed by atoms with Crippen molar-refractivity contribution in [1.29, 1.82) is 0 Å². The standard InChI is InChI=1S/C12H26N2O4S/c1-17-9-10-18-8-3-2-7-14-19(15,16)11-12-5-4-6-13-12/h12-14H,2-11H2,1H3. The molecule has 0 amide bonds. The SMILES string of the molecule is COCCOCCCCNS(=O)(=O)CC1CCCN1. The summed E-state index contributed by atoms with van der Waals surface area (Å²) < 4.78 is 36.3. The van der Waals surface area contributed by atoms with E-state index in [0.717, 1.165) is 32.2 Å². The second kappa shape index (κ2) is 9.66. The molecule has 1 aliphatic rings. The fourth-order valence-corrected chi connectivity index (χ4v) is 3.41. The first-order valence-electron chi connectivity index (χ1n) is 6.91. The van der Waals surface area contributed by atoms with Crippen LogP contribution in [-0.2, 0) is 19.5 Å². The quantitative estimate of drug-likeness (QED) is 0.529. The highest BCUT2D eigenvalue weighted by atomic mass is 32.2. The first-order chi connectivity index (χ1) is 9.14. The molecule has 0 radical (unpaired) electrons. The molecule has 0 saturated carbocycles. The number of nitrogens with one attached hydrogen (secondary N) is 2. The van der Waals surface area contributed by atoms with Crippen LogP contribution in [0.1, 0.15) is 25.7 Å². The van der Waals surface area contributed by atoms with Crippen LogP contribution < -0.4 is 10.0 Å². The van der Waals surface area contributed by atoms with Gasteiger partial charge in [0.1, 0.15) is 0 Å². The Morgan fingerprint density at radius 1 is 1.26 bits per heavy atom. The van der Waals surface area contributed by atoms with Crippen molar-refractivity contribution in [1.82, 2.24) is 10.0 Å². The van der Waals surface area contributed by atoms with Crippen molar-refractivity contribution in [3.8, 4) is 0 Å². The third-order valence-electron chi connectivity index (χ3n) is 3.05. The summed E-state index contributed by atoms with van der Waals surface area (Å²) in [7, 11) is -1.50. The van der Waals surface area contributed by atoms with Crippen molar-refractivity contribution in [3.05, 3.63) is 0 Å². The second-order valence-electron chi connectivity index (χ2n) is 4.78. The Morgan fingerprint density at radius 3 is 2.79 bits per heavy atom. The molecule has 114 valence electrons. The summed E-state index contributed by atoms with van der Waals surface area (Å²) in [6.07, 6.45) is 3.67. The van der Waals surface area contributed by atoms with Crippen LogP contribution in [0.3, 0.4) is 0 Å². The Hall–Kier alpha value is -0.210. The highest BCUT2D eigenvalue weighted by Gasteiger charge is 2.21. The van der Waals surface area contributed by atoms with Crippen LogP contribution in [0.4, 0.5) is 0 Å². The van der Waals surface area contributed by atoms with E-state index in [9.17, 15) is 8.42 Å². The fourth-order valence-electron chi connectivity index (χ4n) is 2.02. The molecule has 0 bridgehead atoms. The minimum Gasteiger partial charge on any atom is -0.382 e. The van der Waals surface area contributed by atoms with Gasteiger partial charge >= 0.3 is 0 Å². The molecule has 7 heteroatoms. The van der Waals surface area contributed by atoms with Gasteiger partial charge in [-0.25, -0.2) is 13.1 Å². The molecule has 1 rings (SSSR count). The predicted octanol–water partition coefficient (Wildman–Crippen LogP) is 0.101. The molecular weight excluding hydrogens is 268 g/mol. The second-order valence-corrected chi connectivity index (χ2v) is 6.63. The molecule has 1 aliphatic heterocycles. The number of hydrogen-bond acceptors (Lipinski definition) is 5. The van der Waals surface area contributed by atoms with Crippen molar-refractivity contribution in [2.75, 3.05) is 45.8 Å². The van der Waals surface area contributed by atoms with E-state index < -0.39 is 10.0 Å². The van der Waals surface area contributed by atoms with E-state index in [1.807, 2.05) is 0 Å². The largest absolute Gasteiger partial charge is 0.382 e. The topological polar surface area (TPSA) is 76.7 Å². The molecule has 0 aliphatic carbocycles. The Kier molecular flexibility index (Phi) is 8.56. The number of rotatable bonds is 11. The van der Waals surface area contributed by atoms with Crippen molar-refractivity contribution >= 4 is 10.0 Å². The molecule has 0 aromatic carbocycles. The molecular formula is C12H26N2O4S. The monoisotopic (exact) mass is 294 g/mol. The van der Waals surface area contributed by atoms with Crippen LogP contribution in [0.5, 0.6) is 0 Å². The summed E-state index contributed by atoms with van der Waals surface area (Å²) >= 11 is 0. The molecule has 0 aromatic heterocycles. The van der Waals surface area contributed by atoms with Crippen LogP contribution in [-0.4, -0.2) is 60.2 Å². The van der Waals surface area contributed by atoms with E-state index in [2.05, 4.69) is 10.0 Å². The number of sulfonamides is 1. The van der Waals surface area contributed by atoms with E-state index in [0.29, 0.717) is 26.4 Å². The van der Waals surface area contributed by atoms with E-state index >= 15 is 0 Å². The molecule has 2 N–H and O–H groups in total. The molecule has 6 nitrogen and oxygen atoms in total. The Balaban J connectivity index is 1.98. The molecule has 1 saturated heterocycles. The van der Waals surface area contributed by atoms with Gasteiger partial charge in [0.15, 0.2) is 0 Å². The van der Waals surface area contributed by atoms with Gasteiger partial charge in [-0.3, -0.25) is 0 Å². The maximum atomic E-state index is 11.8. The van der Waals surface area contributed by atoms with Crippen LogP contribution in [0.2, 0.25) is 0 Å². The van der Waals surface area contributed by atoms with Crippen LogP contribution in [0, 0.1) is 0 Å². The van der Waals surface area contributed by atoms with Gasteiger partial charge in [0, 0.05) is 26.3 Å². The average Bonchev–Trinajstić information content (AvgIpc) is 2.84. The lowest BCUT2D eigenvalue weighted by Crippen LogP contribution is -2.37. The normalized spacial score (nSPS) is 19.9. The Labute approximate surface area is 116 Å². The van der Waals surface area contributed by atoms with Crippen LogP contribution >= 0.6 is 0 Å². The van der Waals surface area contributed by atoms with E-state index in [-0.39, 0.29) is 11.8 Å². The maximum Gasteiger partial charge on any atom is 0.213 e. The van der Waals surface area contributed by atoms with Crippen LogP contribution in [0.25, 0.3) is 0 Å². The summed E-state index contributed by atoms with van der Waals surface area (Å²) in [6, 6.07) is 0.120. The molecule has 19 heavy (non-hydrogen) atoms. The number of hydrogen-bond donors (Lipinski definition) is 2. The summed E-state index contributed by atoms with van der Waals surface area (Å²) in [4.78, 5) is 0. The zero-order valence-electron chi connectivity index (χ0n) is 11.7. The van der Waals surface area contributed by atoms with Crippen molar-refractivity contribution in [2.45, 2.75) is 31.7 Å². The van der Waals surface area contributed by atoms with Gasteiger partial charge in [-0.2, -0.15) is 0 Å². The Morgan fingerprint density at radius 2 is 2.11 bits per heavy atom. The van der Waals surface area contributed by atoms with Gasteiger partial charge in [0.25, 0.3) is 0 Å². The maximum absolute atomic E-state index is 11.8. The lowest BCUT2D eigenvalue weighted by Gasteiger charge is -2.11. The smallest absolute Gasteiger partial charge is 0.213 e. The van der Waals surface area contributed by atoms with Crippen LogP contribution in [0.15, 0.2) is 0 Å². The lowest BCUT2D eigenvalue weighted by molar-refractivity contribution is 0.0689. The summed E-state index contributed by atoms with van der Waals surface area (Å²) in [6.45, 7) is 3.26. The van der Waals surface area contributed by atoms with E-state index in [4.69, 9.17) is 9.47 Å². The van der Waals surface area contributed by atoms with E-state index in [1.54, 1.807) is 7.11 Å². The molecule has 1 heterocycles. The average molecular weight is 294 g/mol. The first kappa shape index (κ1) is 16.8. The fraction of sp³-hybridized carbons (Fsp3) is 1.00. The number of methoxy groups -OCH3 is 1. The molecule has 1 atom stereocenters. The van der Waals surface area contributed by atoms with Crippen molar-refractivity contribution in [3.63, 3.8) is 0 Å². The number of unbranched alkanes of at least 4 members (excludes halogenated alkanes) is 1. The highest BCUT2D eigenvalue weighted by molar-refractivity contribution is 7.89. The minimum atomic E-state index is -3.14. The third kappa shape index (κ3) is 8.54. The van der Waals surface area contributed by atoms with Gasteiger partial charge in [-0.1, -0.05) is 0 Å². The summed E-state index contributed by atoms with van der Waals surface area (Å²) in [5, 5.41) is 3.19. The zero-order chi connectivity index (χ0) is 14.0. The first-order valence-corrected chi connectivity index (χ1v) is 8.56. The highest BCUT2D eigenvalue weighted by Crippen LogP contribution is 2.06. The lowest BCUT2D eigenvalue weighted by atomic mass is 10.3. The third-order valence-corrected chi connectivity index (χ3v) is 4.54. The van der Waals surface area contributed by atoms with Gasteiger partial charge in [0.05, 0.1) is 19.0 Å². The minimum absolute atomic E-state index is 0.120. The van der Waals surface area contributed by atoms with E-state index in [1.165, 1.54) is 0 Å². The van der Waals surface area contributed by atoms with Gasteiger partial charge < -0.3 is 14.8 Å². The summed E-state index contributed by atoms with van der Waals surface area (Å²) in [5.41, 5.74) is 0. The van der Waals surface area contributed by atoms with Gasteiger partial charge in [-0.15, -0.1) is 0 Å². The summed E-state index contributed by atoms with van der Waals surface area (Å²) in [5.74, 6) is 0.192. The van der Waals surface area contributed by atoms with Crippen molar-refractivity contribution in [2.24, 2.45) is 0 Å². The van der Waals surface area contributed by atoms with Gasteiger partial charge in [0.2, 0.25) is 10.0 Å². The Bertz CT molecular complexity index is 316. The molecule has 1 fully saturated rings. The van der Waals surface area contributed by atoms with Crippen molar-refractivity contribution < 1.29 is 17.9 Å². The zero-order valence-corrected chi connectivity index (χ0v) is 12.5. The molecule has 1 unspecified atom stereocenters. The predicted molar refractivity (Wildman–Crippen MR) is 74.7 cm³/mol. The molecule has 0 spiro atoms.